The third kappa shape index (κ3) is 4.97. The topological polar surface area (TPSA) is 42.0 Å². The van der Waals surface area contributed by atoms with Crippen LogP contribution in [0.3, 0.4) is 0 Å². The van der Waals surface area contributed by atoms with Crippen LogP contribution in [0.15, 0.2) is 48.5 Å². The number of para-hydroxylation sites is 2. The summed E-state index contributed by atoms with van der Waals surface area (Å²) in [7, 11) is 0. The van der Waals surface area contributed by atoms with Crippen LogP contribution in [0, 0.1) is 0 Å². The Bertz CT molecular complexity index is 766. The van der Waals surface area contributed by atoms with Gasteiger partial charge in [-0.05, 0) is 42.7 Å². The molecule has 0 atom stereocenters. The van der Waals surface area contributed by atoms with Crippen molar-refractivity contribution in [3.05, 3.63) is 54.1 Å². The second-order valence-corrected chi connectivity index (χ2v) is 7.28. The fraction of sp³-hybridized carbons (Fsp3) is 0.435. The molecule has 150 valence electrons. The van der Waals surface area contributed by atoms with Crippen LogP contribution < -0.4 is 14.4 Å². The van der Waals surface area contributed by atoms with Crippen LogP contribution in [0.25, 0.3) is 0 Å². The molecule has 1 aliphatic heterocycles. The Labute approximate surface area is 167 Å². The van der Waals surface area contributed by atoms with E-state index in [0.717, 1.165) is 30.3 Å². The van der Waals surface area contributed by atoms with Crippen molar-refractivity contribution < 1.29 is 14.3 Å². The van der Waals surface area contributed by atoms with Crippen LogP contribution >= 0.6 is 0 Å². The van der Waals surface area contributed by atoms with E-state index in [1.165, 1.54) is 5.56 Å². The summed E-state index contributed by atoms with van der Waals surface area (Å²) in [5, 5.41) is 0. The number of benzene rings is 2. The molecule has 1 heterocycles. The molecule has 1 aliphatic rings. The summed E-state index contributed by atoms with van der Waals surface area (Å²) in [4.78, 5) is 16.7. The molecule has 5 heteroatoms. The van der Waals surface area contributed by atoms with E-state index in [0.29, 0.717) is 25.6 Å². The maximum atomic E-state index is 12.5. The molecule has 0 unspecified atom stereocenters. The number of hydrogen-bond acceptors (Lipinski definition) is 4. The molecular weight excluding hydrogens is 352 g/mol. The van der Waals surface area contributed by atoms with Gasteiger partial charge in [0.25, 0.3) is 5.91 Å². The third-order valence-corrected chi connectivity index (χ3v) is 5.05. The van der Waals surface area contributed by atoms with Crippen LogP contribution in [0.1, 0.15) is 32.3 Å². The fourth-order valence-corrected chi connectivity index (χ4v) is 3.38. The molecule has 0 aliphatic carbocycles. The van der Waals surface area contributed by atoms with Crippen molar-refractivity contribution in [3.63, 3.8) is 0 Å². The van der Waals surface area contributed by atoms with Crippen molar-refractivity contribution in [2.24, 2.45) is 0 Å². The molecule has 0 radical (unpaired) electrons. The first-order valence-electron chi connectivity index (χ1n) is 10.1. The number of ether oxygens (including phenoxy) is 2. The van der Waals surface area contributed by atoms with Gasteiger partial charge in [-0.1, -0.05) is 38.1 Å². The van der Waals surface area contributed by atoms with E-state index in [4.69, 9.17) is 9.47 Å². The first-order chi connectivity index (χ1) is 13.6. The zero-order chi connectivity index (χ0) is 19.9. The Hall–Kier alpha value is -2.69. The van der Waals surface area contributed by atoms with Gasteiger partial charge >= 0.3 is 0 Å². The molecule has 0 saturated carbocycles. The van der Waals surface area contributed by atoms with Crippen molar-refractivity contribution in [1.82, 2.24) is 4.90 Å². The predicted molar refractivity (Wildman–Crippen MR) is 112 cm³/mol. The molecule has 0 N–H and O–H groups in total. The average molecular weight is 383 g/mol. The standard InChI is InChI=1S/C23H30N2O3/c1-4-27-22-8-6-5-7-21(22)24-13-15-25(16-14-24)23(26)17-28-20-11-9-19(10-12-20)18(2)3/h5-12,18H,4,13-17H2,1-3H3. The van der Waals surface area contributed by atoms with Gasteiger partial charge in [0, 0.05) is 26.2 Å². The van der Waals surface area contributed by atoms with Crippen molar-refractivity contribution in [2.75, 3.05) is 44.3 Å². The number of carbonyl (C=O) groups excluding carboxylic acids is 1. The van der Waals surface area contributed by atoms with Gasteiger partial charge in [0.05, 0.1) is 12.3 Å². The molecule has 1 amide bonds. The SMILES string of the molecule is CCOc1ccccc1N1CCN(C(=O)COc2ccc(C(C)C)cc2)CC1. The molecule has 3 rings (SSSR count). The molecule has 1 fully saturated rings. The van der Waals surface area contributed by atoms with E-state index >= 15 is 0 Å². The van der Waals surface area contributed by atoms with E-state index in [1.807, 2.05) is 42.2 Å². The normalized spacial score (nSPS) is 14.3. The lowest BCUT2D eigenvalue weighted by molar-refractivity contribution is -0.133. The summed E-state index contributed by atoms with van der Waals surface area (Å²) >= 11 is 0. The van der Waals surface area contributed by atoms with Crippen LogP contribution in [-0.4, -0.2) is 50.2 Å². The molecule has 28 heavy (non-hydrogen) atoms. The van der Waals surface area contributed by atoms with E-state index in [1.54, 1.807) is 0 Å². The van der Waals surface area contributed by atoms with Crippen molar-refractivity contribution in [2.45, 2.75) is 26.7 Å². The number of carbonyl (C=O) groups is 1. The maximum absolute atomic E-state index is 12.5. The maximum Gasteiger partial charge on any atom is 0.260 e. The van der Waals surface area contributed by atoms with E-state index in [-0.39, 0.29) is 12.5 Å². The zero-order valence-electron chi connectivity index (χ0n) is 17.1. The summed E-state index contributed by atoms with van der Waals surface area (Å²) in [6.45, 7) is 9.99. The van der Waals surface area contributed by atoms with Crippen molar-refractivity contribution >= 4 is 11.6 Å². The monoisotopic (exact) mass is 382 g/mol. The summed E-state index contributed by atoms with van der Waals surface area (Å²) in [6.07, 6.45) is 0. The first kappa shape index (κ1) is 20.1. The lowest BCUT2D eigenvalue weighted by Gasteiger charge is -2.36. The summed E-state index contributed by atoms with van der Waals surface area (Å²) in [6, 6.07) is 16.1. The molecule has 0 aromatic heterocycles. The third-order valence-electron chi connectivity index (χ3n) is 5.05. The van der Waals surface area contributed by atoms with E-state index in [2.05, 4.69) is 36.9 Å². The van der Waals surface area contributed by atoms with Crippen LogP contribution in [0.4, 0.5) is 5.69 Å². The molecule has 2 aromatic rings. The first-order valence-corrected chi connectivity index (χ1v) is 10.1. The van der Waals surface area contributed by atoms with Crippen molar-refractivity contribution in [1.29, 1.82) is 0 Å². The van der Waals surface area contributed by atoms with Crippen LogP contribution in [-0.2, 0) is 4.79 Å². The lowest BCUT2D eigenvalue weighted by Crippen LogP contribution is -2.50. The lowest BCUT2D eigenvalue weighted by atomic mass is 10.0. The number of amides is 1. The Balaban J connectivity index is 1.50. The Morgan fingerprint density at radius 3 is 2.29 bits per heavy atom. The average Bonchev–Trinajstić information content (AvgIpc) is 2.73. The highest BCUT2D eigenvalue weighted by Crippen LogP contribution is 2.28. The highest BCUT2D eigenvalue weighted by molar-refractivity contribution is 5.78. The van der Waals surface area contributed by atoms with Gasteiger partial charge in [-0.15, -0.1) is 0 Å². The minimum absolute atomic E-state index is 0.0330. The summed E-state index contributed by atoms with van der Waals surface area (Å²) in [5.41, 5.74) is 2.36. The fourth-order valence-electron chi connectivity index (χ4n) is 3.38. The largest absolute Gasteiger partial charge is 0.492 e. The van der Waals surface area contributed by atoms with Gasteiger partial charge in [-0.3, -0.25) is 4.79 Å². The van der Waals surface area contributed by atoms with Crippen molar-refractivity contribution in [3.8, 4) is 11.5 Å². The summed E-state index contributed by atoms with van der Waals surface area (Å²) in [5.74, 6) is 2.16. The van der Waals surface area contributed by atoms with Gasteiger partial charge in [0.15, 0.2) is 6.61 Å². The zero-order valence-corrected chi connectivity index (χ0v) is 17.1. The van der Waals surface area contributed by atoms with E-state index in [9.17, 15) is 4.79 Å². The van der Waals surface area contributed by atoms with Crippen LogP contribution in [0.5, 0.6) is 11.5 Å². The smallest absolute Gasteiger partial charge is 0.260 e. The number of nitrogens with zero attached hydrogens (tertiary/aromatic N) is 2. The molecule has 1 saturated heterocycles. The molecule has 0 spiro atoms. The van der Waals surface area contributed by atoms with Gasteiger partial charge in [-0.25, -0.2) is 0 Å². The minimum atomic E-state index is 0.0330. The highest BCUT2D eigenvalue weighted by atomic mass is 16.5. The van der Waals surface area contributed by atoms with E-state index < -0.39 is 0 Å². The van der Waals surface area contributed by atoms with Gasteiger partial charge in [-0.2, -0.15) is 0 Å². The Morgan fingerprint density at radius 2 is 1.64 bits per heavy atom. The number of hydrogen-bond donors (Lipinski definition) is 0. The second-order valence-electron chi connectivity index (χ2n) is 7.28. The number of rotatable bonds is 7. The van der Waals surface area contributed by atoms with Crippen LogP contribution in [0.2, 0.25) is 0 Å². The number of piperazine rings is 1. The molecular formula is C23H30N2O3. The minimum Gasteiger partial charge on any atom is -0.492 e. The van der Waals surface area contributed by atoms with Gasteiger partial charge < -0.3 is 19.3 Å². The molecule has 0 bridgehead atoms. The van der Waals surface area contributed by atoms with Gasteiger partial charge in [0.2, 0.25) is 0 Å². The Kier molecular flexibility index (Phi) is 6.80. The van der Waals surface area contributed by atoms with Gasteiger partial charge in [0.1, 0.15) is 11.5 Å². The quantitative estimate of drug-likeness (QED) is 0.727. The predicted octanol–water partition coefficient (Wildman–Crippen LogP) is 3.94. The molecule has 2 aromatic carbocycles. The Morgan fingerprint density at radius 1 is 0.964 bits per heavy atom. The second kappa shape index (κ2) is 9.49. The summed E-state index contributed by atoms with van der Waals surface area (Å²) < 4.78 is 11.4. The number of anilines is 1. The highest BCUT2D eigenvalue weighted by Gasteiger charge is 2.23. The molecule has 5 nitrogen and oxygen atoms in total.